The maximum Gasteiger partial charge on any atom is 1.00 e. The number of ether oxygens (including phenoxy) is 1. The number of nitrogens with zero attached hydrogens (tertiary/aromatic N) is 2. The van der Waals surface area contributed by atoms with E-state index in [-0.39, 0.29) is 42.2 Å². The molecule has 0 N–H and O–H groups in total. The molecule has 1 atom stereocenters. The van der Waals surface area contributed by atoms with Crippen LogP contribution in [0.5, 0.6) is 0 Å². The Balaban J connectivity index is 0.00000280. The van der Waals surface area contributed by atoms with Crippen LogP contribution in [0.1, 0.15) is 17.2 Å². The summed E-state index contributed by atoms with van der Waals surface area (Å²) in [6.07, 6.45) is 0. The van der Waals surface area contributed by atoms with E-state index in [2.05, 4.69) is 46.2 Å². The zero-order valence-electron chi connectivity index (χ0n) is 16.2. The van der Waals surface area contributed by atoms with Crippen molar-refractivity contribution in [2.24, 2.45) is 0 Å². The Labute approximate surface area is 193 Å². The standard InChI is InChI=1S/C21H25ClN2O3.Na/c22-19-8-6-18(7-9-19)21(17-4-2-1-3-5-17)24-12-10-23(11-13-24)14-15-27-16-20(25)26;/h1-9,21H,10-16H2,(H,25,26);/q;+1/p-1. The second kappa shape index (κ2) is 11.9. The van der Waals surface area contributed by atoms with Crippen molar-refractivity contribution in [2.75, 3.05) is 45.9 Å². The molecule has 144 valence electrons. The molecule has 0 saturated carbocycles. The molecule has 1 unspecified atom stereocenters. The van der Waals surface area contributed by atoms with Crippen LogP contribution in [0.15, 0.2) is 54.6 Å². The number of carbonyl (C=O) groups excluding carboxylic acids is 1. The van der Waals surface area contributed by atoms with Gasteiger partial charge >= 0.3 is 29.6 Å². The minimum absolute atomic E-state index is 0. The number of carboxylic acids is 1. The SMILES string of the molecule is O=C([O-])COCCN1CCN(C(c2ccccc2)c2ccc(Cl)cc2)CC1.[Na+]. The molecule has 0 radical (unpaired) electrons. The van der Waals surface area contributed by atoms with Crippen LogP contribution in [0.2, 0.25) is 5.02 Å². The van der Waals surface area contributed by atoms with Crippen LogP contribution in [0.4, 0.5) is 0 Å². The smallest absolute Gasteiger partial charge is 0.548 e. The van der Waals surface area contributed by atoms with Crippen molar-refractivity contribution in [3.8, 4) is 0 Å². The van der Waals surface area contributed by atoms with Gasteiger partial charge in [-0.2, -0.15) is 0 Å². The zero-order valence-corrected chi connectivity index (χ0v) is 19.0. The third-order valence-electron chi connectivity index (χ3n) is 4.84. The van der Waals surface area contributed by atoms with Crippen LogP contribution in [0.3, 0.4) is 0 Å². The van der Waals surface area contributed by atoms with Gasteiger partial charge in [-0.3, -0.25) is 9.80 Å². The Morgan fingerprint density at radius 2 is 1.61 bits per heavy atom. The molecule has 1 fully saturated rings. The summed E-state index contributed by atoms with van der Waals surface area (Å²) in [6, 6.07) is 18.8. The predicted molar refractivity (Wildman–Crippen MR) is 104 cm³/mol. The minimum atomic E-state index is -1.17. The number of benzene rings is 2. The van der Waals surface area contributed by atoms with Crippen molar-refractivity contribution in [1.29, 1.82) is 0 Å². The van der Waals surface area contributed by atoms with Crippen molar-refractivity contribution < 1.29 is 44.2 Å². The molecule has 7 heteroatoms. The average molecular weight is 411 g/mol. The normalized spacial score (nSPS) is 16.3. The molecule has 1 saturated heterocycles. The van der Waals surface area contributed by atoms with E-state index in [1.807, 2.05) is 18.2 Å². The van der Waals surface area contributed by atoms with Gasteiger partial charge in [0.15, 0.2) is 0 Å². The second-order valence-corrected chi connectivity index (χ2v) is 7.10. The number of carbonyl (C=O) groups is 1. The summed E-state index contributed by atoms with van der Waals surface area (Å²) in [5.74, 6) is -1.17. The number of carboxylic acid groups (broad SMARTS) is 1. The van der Waals surface area contributed by atoms with Crippen LogP contribution < -0.4 is 34.7 Å². The summed E-state index contributed by atoms with van der Waals surface area (Å²) < 4.78 is 5.09. The molecule has 5 nitrogen and oxygen atoms in total. The second-order valence-electron chi connectivity index (χ2n) is 6.67. The molecular formula is C21H24ClN2NaO3. The van der Waals surface area contributed by atoms with Gasteiger partial charge in [-0.25, -0.2) is 0 Å². The van der Waals surface area contributed by atoms with E-state index in [0.717, 1.165) is 37.7 Å². The van der Waals surface area contributed by atoms with Crippen molar-refractivity contribution in [2.45, 2.75) is 6.04 Å². The van der Waals surface area contributed by atoms with Crippen molar-refractivity contribution in [1.82, 2.24) is 9.80 Å². The van der Waals surface area contributed by atoms with Gasteiger partial charge in [0.05, 0.1) is 25.2 Å². The van der Waals surface area contributed by atoms with Gasteiger partial charge in [0.25, 0.3) is 0 Å². The van der Waals surface area contributed by atoms with E-state index in [1.54, 1.807) is 0 Å². The number of hydrogen-bond donors (Lipinski definition) is 0. The largest absolute Gasteiger partial charge is 1.00 e. The van der Waals surface area contributed by atoms with Crippen molar-refractivity contribution in [3.05, 3.63) is 70.7 Å². The Bertz CT molecular complexity index is 722. The van der Waals surface area contributed by atoms with E-state index in [9.17, 15) is 9.90 Å². The van der Waals surface area contributed by atoms with Crippen LogP contribution in [0.25, 0.3) is 0 Å². The Morgan fingerprint density at radius 3 is 2.21 bits per heavy atom. The average Bonchev–Trinajstić information content (AvgIpc) is 2.69. The Morgan fingerprint density at radius 1 is 1.00 bits per heavy atom. The molecule has 0 aromatic heterocycles. The molecular weight excluding hydrogens is 387 g/mol. The van der Waals surface area contributed by atoms with Crippen LogP contribution >= 0.6 is 11.6 Å². The van der Waals surface area contributed by atoms with Gasteiger partial charge in [0, 0.05) is 37.7 Å². The third kappa shape index (κ3) is 6.85. The summed E-state index contributed by atoms with van der Waals surface area (Å²) >= 11 is 6.07. The fourth-order valence-corrected chi connectivity index (χ4v) is 3.61. The Hall–Kier alpha value is -0.920. The number of aliphatic carboxylic acids is 1. The van der Waals surface area contributed by atoms with E-state index in [4.69, 9.17) is 16.3 Å². The van der Waals surface area contributed by atoms with Crippen molar-refractivity contribution in [3.63, 3.8) is 0 Å². The molecule has 0 aliphatic carbocycles. The first kappa shape index (κ1) is 23.4. The van der Waals surface area contributed by atoms with Crippen LogP contribution in [-0.4, -0.2) is 61.7 Å². The molecule has 2 aromatic rings. The predicted octanol–water partition coefficient (Wildman–Crippen LogP) is -1.18. The number of rotatable bonds is 8. The molecule has 28 heavy (non-hydrogen) atoms. The van der Waals surface area contributed by atoms with Gasteiger partial charge < -0.3 is 14.6 Å². The maximum absolute atomic E-state index is 10.4. The third-order valence-corrected chi connectivity index (χ3v) is 5.10. The summed E-state index contributed by atoms with van der Waals surface area (Å²) in [7, 11) is 0. The minimum Gasteiger partial charge on any atom is -0.548 e. The number of hydrogen-bond acceptors (Lipinski definition) is 5. The summed E-state index contributed by atoms with van der Waals surface area (Å²) in [6.45, 7) is 4.51. The topological polar surface area (TPSA) is 55.8 Å². The first-order valence-electron chi connectivity index (χ1n) is 9.18. The van der Waals surface area contributed by atoms with Gasteiger partial charge in [0.1, 0.15) is 0 Å². The maximum atomic E-state index is 10.4. The quantitative estimate of drug-likeness (QED) is 0.405. The Kier molecular flexibility index (Phi) is 9.95. The molecule has 1 aliphatic rings. The fourth-order valence-electron chi connectivity index (χ4n) is 3.49. The molecule has 3 rings (SSSR count). The fraction of sp³-hybridized carbons (Fsp3) is 0.381. The zero-order chi connectivity index (χ0) is 19.1. The summed E-state index contributed by atoms with van der Waals surface area (Å²) in [5, 5.41) is 11.1. The number of piperazine rings is 1. The van der Waals surface area contributed by atoms with E-state index < -0.39 is 5.97 Å². The molecule has 2 aromatic carbocycles. The van der Waals surface area contributed by atoms with Gasteiger partial charge in [0.2, 0.25) is 0 Å². The first-order chi connectivity index (χ1) is 13.1. The molecule has 0 amide bonds. The molecule has 1 heterocycles. The van der Waals surface area contributed by atoms with Crippen molar-refractivity contribution >= 4 is 17.6 Å². The molecule has 0 spiro atoms. The van der Waals surface area contributed by atoms with Gasteiger partial charge in [-0.1, -0.05) is 54.1 Å². The monoisotopic (exact) mass is 410 g/mol. The molecule has 1 aliphatic heterocycles. The van der Waals surface area contributed by atoms with Crippen LogP contribution in [0, 0.1) is 0 Å². The summed E-state index contributed by atoms with van der Waals surface area (Å²) in [4.78, 5) is 15.2. The first-order valence-corrected chi connectivity index (χ1v) is 9.55. The van der Waals surface area contributed by atoms with Crippen LogP contribution in [-0.2, 0) is 9.53 Å². The van der Waals surface area contributed by atoms with Gasteiger partial charge in [-0.05, 0) is 23.3 Å². The van der Waals surface area contributed by atoms with E-state index >= 15 is 0 Å². The number of halogens is 1. The van der Waals surface area contributed by atoms with Gasteiger partial charge in [-0.15, -0.1) is 0 Å². The van der Waals surface area contributed by atoms with E-state index in [1.165, 1.54) is 11.1 Å². The summed E-state index contributed by atoms with van der Waals surface area (Å²) in [5.41, 5.74) is 2.50. The van der Waals surface area contributed by atoms with E-state index in [0.29, 0.717) is 6.61 Å². The molecule has 0 bridgehead atoms.